The number of nitrogens with one attached hydrogen (secondary N) is 1. The zero-order valence-corrected chi connectivity index (χ0v) is 21.6. The number of unbranched alkanes of at least 4 members (excludes halogenated alkanes) is 1. The number of hydrogen-bond donors (Lipinski definition) is 2. The zero-order valence-electron chi connectivity index (χ0n) is 19.9. The van der Waals surface area contributed by atoms with Gasteiger partial charge < -0.3 is 10.2 Å². The monoisotopic (exact) mass is 496 g/mol. The van der Waals surface area contributed by atoms with E-state index in [2.05, 4.69) is 48.9 Å². The summed E-state index contributed by atoms with van der Waals surface area (Å²) >= 11 is 4.02. The van der Waals surface area contributed by atoms with E-state index in [0.29, 0.717) is 38.6 Å². The third kappa shape index (κ3) is 10.1. The smallest absolute Gasteiger partial charge is 0.250 e. The first-order valence-electron chi connectivity index (χ1n) is 11.1. The van der Waals surface area contributed by atoms with Gasteiger partial charge in [0.05, 0.1) is 6.20 Å². The molecule has 1 heterocycles. The van der Waals surface area contributed by atoms with Gasteiger partial charge in [-0.3, -0.25) is 14.6 Å². The maximum atomic E-state index is 12.2. The summed E-state index contributed by atoms with van der Waals surface area (Å²) in [4.78, 5) is 26.8. The summed E-state index contributed by atoms with van der Waals surface area (Å²) in [7, 11) is -3.59. The molecule has 0 atom stereocenters. The van der Waals surface area contributed by atoms with Crippen LogP contribution in [0.3, 0.4) is 0 Å². The maximum Gasteiger partial charge on any atom is 0.250 e. The molecular formula is C23H36N4O4S2. The summed E-state index contributed by atoms with van der Waals surface area (Å²) in [6.07, 6.45) is 5.40. The van der Waals surface area contributed by atoms with Crippen LogP contribution < -0.4 is 5.32 Å². The fraction of sp³-hybridized carbons (Fsp3) is 0.522. The van der Waals surface area contributed by atoms with Gasteiger partial charge in [-0.15, -0.1) is 12.6 Å². The number of thiol groups is 1. The number of rotatable bonds is 9. The zero-order chi connectivity index (χ0) is 24.9. The summed E-state index contributed by atoms with van der Waals surface area (Å²) in [6.45, 7) is 9.85. The average molecular weight is 497 g/mol. The lowest BCUT2D eigenvalue weighted by Gasteiger charge is -2.33. The molecule has 0 spiro atoms. The number of hydrogen-bond acceptors (Lipinski definition) is 6. The fourth-order valence-corrected chi connectivity index (χ4v) is 4.46. The molecule has 0 aliphatic carbocycles. The van der Waals surface area contributed by atoms with Crippen molar-refractivity contribution < 1.29 is 18.0 Å². The molecule has 1 aliphatic rings. The van der Waals surface area contributed by atoms with E-state index in [1.54, 1.807) is 11.1 Å². The standard InChI is InChI=1S/C12H21N3O3S2.C11H15NO/c1-3-4-5-13-10-12(19)20(17,18)15-8-6-14(7-9-15)11(2)16;1-9(2)11-5-3-10(4-6-11)7-12-8-13/h5,10,19H,3-4,6-9H2,1-2H3;3-6,8-9H,7H2,1-2H3,(H,12,13)/b12-10+,13-5?;. The number of amides is 2. The molecule has 33 heavy (non-hydrogen) atoms. The van der Waals surface area contributed by atoms with Crippen LogP contribution in [0.2, 0.25) is 0 Å². The second-order valence-electron chi connectivity index (χ2n) is 7.89. The predicted molar refractivity (Wildman–Crippen MR) is 137 cm³/mol. The number of carbonyl (C=O) groups excluding carboxylic acids is 2. The number of aliphatic imine (C=N–C) groups is 1. The van der Waals surface area contributed by atoms with Gasteiger partial charge in [0.2, 0.25) is 12.3 Å². The molecule has 2 amide bonds. The molecule has 1 aromatic carbocycles. The topological polar surface area (TPSA) is 99.1 Å². The highest BCUT2D eigenvalue weighted by molar-refractivity contribution is 8.09. The van der Waals surface area contributed by atoms with Crippen molar-refractivity contribution in [2.45, 2.75) is 53.0 Å². The molecule has 0 aromatic heterocycles. The number of benzene rings is 1. The van der Waals surface area contributed by atoms with Gasteiger partial charge in [0, 0.05) is 45.9 Å². The number of piperazine rings is 1. The molecule has 0 radical (unpaired) electrons. The molecule has 8 nitrogen and oxygen atoms in total. The van der Waals surface area contributed by atoms with E-state index in [1.807, 2.05) is 19.1 Å². The molecule has 1 aliphatic heterocycles. The largest absolute Gasteiger partial charge is 0.355 e. The Morgan fingerprint density at radius 1 is 1.18 bits per heavy atom. The number of sulfonamides is 1. The minimum Gasteiger partial charge on any atom is -0.355 e. The van der Waals surface area contributed by atoms with Gasteiger partial charge >= 0.3 is 0 Å². The van der Waals surface area contributed by atoms with Crippen LogP contribution in [0, 0.1) is 0 Å². The first-order chi connectivity index (χ1) is 15.6. The lowest BCUT2D eigenvalue weighted by atomic mass is 10.0. The van der Waals surface area contributed by atoms with Gasteiger partial charge in [0.15, 0.2) is 0 Å². The van der Waals surface area contributed by atoms with E-state index >= 15 is 0 Å². The molecule has 1 aromatic rings. The fourth-order valence-electron chi connectivity index (χ4n) is 2.94. The van der Waals surface area contributed by atoms with Gasteiger partial charge in [-0.05, 0) is 23.5 Å². The highest BCUT2D eigenvalue weighted by Crippen LogP contribution is 2.19. The SMILES string of the molecule is CC(C)c1ccc(CNC=O)cc1.CCCC=N/C=C(\S)S(=O)(=O)N1CCN(C(C)=O)CC1. The second-order valence-corrected chi connectivity index (χ2v) is 10.6. The summed E-state index contributed by atoms with van der Waals surface area (Å²) in [5, 5.41) is 2.63. The lowest BCUT2D eigenvalue weighted by Crippen LogP contribution is -2.49. The summed E-state index contributed by atoms with van der Waals surface area (Å²) in [5.74, 6) is 0.529. The van der Waals surface area contributed by atoms with Gasteiger partial charge in [-0.25, -0.2) is 8.42 Å². The van der Waals surface area contributed by atoms with Crippen LogP contribution in [0.5, 0.6) is 0 Å². The Morgan fingerprint density at radius 3 is 2.27 bits per heavy atom. The van der Waals surface area contributed by atoms with Crippen molar-refractivity contribution in [2.75, 3.05) is 26.2 Å². The van der Waals surface area contributed by atoms with Crippen molar-refractivity contribution in [3.05, 3.63) is 45.8 Å². The Labute approximate surface area is 203 Å². The predicted octanol–water partition coefficient (Wildman–Crippen LogP) is 3.14. The van der Waals surface area contributed by atoms with Crippen LogP contribution in [0.25, 0.3) is 0 Å². The Morgan fingerprint density at radius 2 is 1.79 bits per heavy atom. The van der Waals surface area contributed by atoms with Gasteiger partial charge in [-0.1, -0.05) is 51.5 Å². The molecule has 0 bridgehead atoms. The maximum absolute atomic E-state index is 12.2. The van der Waals surface area contributed by atoms with Crippen LogP contribution in [0.15, 0.2) is 39.7 Å². The Balaban J connectivity index is 0.000000361. The van der Waals surface area contributed by atoms with Crippen molar-refractivity contribution in [1.29, 1.82) is 0 Å². The summed E-state index contributed by atoms with van der Waals surface area (Å²) in [5.41, 5.74) is 2.46. The number of nitrogens with zero attached hydrogens (tertiary/aromatic N) is 3. The molecule has 1 N–H and O–H groups in total. The van der Waals surface area contributed by atoms with E-state index in [1.165, 1.54) is 23.0 Å². The lowest BCUT2D eigenvalue weighted by molar-refractivity contribution is -0.130. The molecule has 0 saturated carbocycles. The Kier molecular flexibility index (Phi) is 13.0. The molecular weight excluding hydrogens is 460 g/mol. The normalized spacial score (nSPS) is 15.3. The van der Waals surface area contributed by atoms with Crippen molar-refractivity contribution >= 4 is 41.2 Å². The van der Waals surface area contributed by atoms with Crippen LogP contribution in [0.1, 0.15) is 57.6 Å². The third-order valence-electron chi connectivity index (χ3n) is 5.03. The van der Waals surface area contributed by atoms with Crippen molar-refractivity contribution in [3.63, 3.8) is 0 Å². The van der Waals surface area contributed by atoms with E-state index in [0.717, 1.165) is 24.8 Å². The van der Waals surface area contributed by atoms with E-state index in [9.17, 15) is 18.0 Å². The van der Waals surface area contributed by atoms with Crippen LogP contribution in [0.4, 0.5) is 0 Å². The van der Waals surface area contributed by atoms with Crippen molar-refractivity contribution in [2.24, 2.45) is 4.99 Å². The second kappa shape index (κ2) is 14.9. The minimum atomic E-state index is -3.59. The van der Waals surface area contributed by atoms with Gasteiger partial charge in [0.25, 0.3) is 10.0 Å². The average Bonchev–Trinajstić information content (AvgIpc) is 2.81. The van der Waals surface area contributed by atoms with E-state index < -0.39 is 10.0 Å². The molecule has 184 valence electrons. The molecule has 1 saturated heterocycles. The van der Waals surface area contributed by atoms with Crippen molar-refractivity contribution in [1.82, 2.24) is 14.5 Å². The highest BCUT2D eigenvalue weighted by Gasteiger charge is 2.29. The quantitative estimate of drug-likeness (QED) is 0.312. The third-order valence-corrected chi connectivity index (χ3v) is 7.52. The summed E-state index contributed by atoms with van der Waals surface area (Å²) < 4.78 is 25.7. The number of carbonyl (C=O) groups is 2. The van der Waals surface area contributed by atoms with Gasteiger partial charge in [-0.2, -0.15) is 4.31 Å². The molecule has 10 heteroatoms. The Bertz CT molecular complexity index is 905. The highest BCUT2D eigenvalue weighted by atomic mass is 32.3. The first-order valence-corrected chi connectivity index (χ1v) is 12.9. The van der Waals surface area contributed by atoms with E-state index in [4.69, 9.17) is 0 Å². The molecule has 0 unspecified atom stereocenters. The van der Waals surface area contributed by atoms with Crippen molar-refractivity contribution in [3.8, 4) is 0 Å². The minimum absolute atomic E-state index is 0.0344. The Hall–Kier alpha value is -2.17. The van der Waals surface area contributed by atoms with Crippen LogP contribution >= 0.6 is 12.6 Å². The van der Waals surface area contributed by atoms with Crippen LogP contribution in [-0.4, -0.2) is 62.3 Å². The molecule has 1 fully saturated rings. The molecule has 2 rings (SSSR count). The summed E-state index contributed by atoms with van der Waals surface area (Å²) in [6, 6.07) is 8.30. The van der Waals surface area contributed by atoms with E-state index in [-0.39, 0.29) is 10.1 Å². The van der Waals surface area contributed by atoms with Crippen LogP contribution in [-0.2, 0) is 26.2 Å². The van der Waals surface area contributed by atoms with Gasteiger partial charge in [0.1, 0.15) is 4.24 Å². The first kappa shape index (κ1) is 28.9.